The Morgan fingerprint density at radius 1 is 0.931 bits per heavy atom. The lowest BCUT2D eigenvalue weighted by molar-refractivity contribution is -0.0702. The minimum Gasteiger partial charge on any atom is -0.508 e. The van der Waals surface area contributed by atoms with Crippen molar-refractivity contribution < 1.29 is 35.4 Å². The lowest BCUT2D eigenvalue weighted by Gasteiger charge is -2.39. The van der Waals surface area contributed by atoms with E-state index in [9.17, 15) is 30.6 Å². The molecule has 2 aromatic carbocycles. The van der Waals surface area contributed by atoms with Crippen molar-refractivity contribution in [2.75, 3.05) is 13.2 Å². The monoisotopic (exact) mass is 422 g/mol. The molecule has 0 aliphatic carbocycles. The normalized spacial score (nSPS) is 27.0. The van der Waals surface area contributed by atoms with E-state index in [1.165, 1.54) is 6.07 Å². The zero-order valence-corrected chi connectivity index (χ0v) is 16.8. The summed E-state index contributed by atoms with van der Waals surface area (Å²) in [7, 11) is 0. The molecule has 1 fully saturated rings. The van der Waals surface area contributed by atoms with Crippen LogP contribution in [0.2, 0.25) is 0 Å². The molecule has 0 amide bonds. The van der Waals surface area contributed by atoms with Crippen LogP contribution in [0.25, 0.3) is 0 Å². The van der Waals surface area contributed by atoms with Gasteiger partial charge in [-0.15, -0.1) is 11.8 Å². The Morgan fingerprint density at radius 3 is 2.24 bits per heavy atom. The summed E-state index contributed by atoms with van der Waals surface area (Å²) in [6.45, 7) is 2.08. The van der Waals surface area contributed by atoms with Gasteiger partial charge in [-0.3, -0.25) is 0 Å². The molecule has 1 heterocycles. The van der Waals surface area contributed by atoms with Gasteiger partial charge in [0.25, 0.3) is 0 Å². The molecule has 29 heavy (non-hydrogen) atoms. The first-order valence-corrected chi connectivity index (χ1v) is 10.4. The Morgan fingerprint density at radius 2 is 1.62 bits per heavy atom. The van der Waals surface area contributed by atoms with Crippen LogP contribution in [-0.4, -0.2) is 67.4 Å². The van der Waals surface area contributed by atoms with E-state index in [1.54, 1.807) is 6.07 Å². The number of aliphatic hydroxyl groups is 4. The van der Waals surface area contributed by atoms with Gasteiger partial charge in [-0.05, 0) is 36.2 Å². The standard InChI is InChI=1S/C21H26O7S/c1-2-28-13-5-3-11(4-6-13)7-12-8-14(16(24)9-15(12)23)21-20(27)19(26)18(25)17(10-22)29-21/h3-6,8-9,17-27H,2,7,10H2,1H3/t17-,18-,19+,20-,21+/m1/s1. The second-order valence-electron chi connectivity index (χ2n) is 7.04. The summed E-state index contributed by atoms with van der Waals surface area (Å²) in [5.41, 5.74) is 1.78. The van der Waals surface area contributed by atoms with Gasteiger partial charge in [0.1, 0.15) is 23.4 Å². The van der Waals surface area contributed by atoms with Crippen molar-refractivity contribution in [2.24, 2.45) is 0 Å². The van der Waals surface area contributed by atoms with Gasteiger partial charge in [0.15, 0.2) is 0 Å². The fraction of sp³-hybridized carbons (Fsp3) is 0.429. The first-order valence-electron chi connectivity index (χ1n) is 9.42. The summed E-state index contributed by atoms with van der Waals surface area (Å²) in [6, 6.07) is 10.2. The third-order valence-corrected chi connectivity index (χ3v) is 6.66. The molecule has 0 bridgehead atoms. The molecule has 6 N–H and O–H groups in total. The van der Waals surface area contributed by atoms with Gasteiger partial charge in [0, 0.05) is 18.1 Å². The maximum Gasteiger partial charge on any atom is 0.123 e. The molecule has 7 nitrogen and oxygen atoms in total. The topological polar surface area (TPSA) is 131 Å². The van der Waals surface area contributed by atoms with E-state index >= 15 is 0 Å². The molecule has 1 aliphatic heterocycles. The Hall–Kier alpha value is -1.97. The van der Waals surface area contributed by atoms with Gasteiger partial charge >= 0.3 is 0 Å². The molecule has 0 aromatic heterocycles. The van der Waals surface area contributed by atoms with E-state index < -0.39 is 28.8 Å². The number of hydrogen-bond donors (Lipinski definition) is 6. The zero-order valence-electron chi connectivity index (χ0n) is 16.0. The summed E-state index contributed by atoms with van der Waals surface area (Å²) in [4.78, 5) is 0. The van der Waals surface area contributed by atoms with Crippen molar-refractivity contribution in [1.29, 1.82) is 0 Å². The molecular weight excluding hydrogens is 396 g/mol. The molecule has 3 rings (SSSR count). The van der Waals surface area contributed by atoms with Crippen LogP contribution in [-0.2, 0) is 6.42 Å². The summed E-state index contributed by atoms with van der Waals surface area (Å²) in [5.74, 6) is 0.431. The fourth-order valence-electron chi connectivity index (χ4n) is 3.46. The lowest BCUT2D eigenvalue weighted by Crippen LogP contribution is -2.51. The number of benzene rings is 2. The predicted molar refractivity (Wildman–Crippen MR) is 109 cm³/mol. The Balaban J connectivity index is 1.89. The number of thioether (sulfide) groups is 1. The molecule has 8 heteroatoms. The maximum absolute atomic E-state index is 10.4. The van der Waals surface area contributed by atoms with Crippen molar-refractivity contribution in [1.82, 2.24) is 0 Å². The Bertz CT molecular complexity index is 825. The second-order valence-corrected chi connectivity index (χ2v) is 8.43. The van der Waals surface area contributed by atoms with Crippen LogP contribution in [0, 0.1) is 0 Å². The number of phenolic OH excluding ortho intramolecular Hbond substituents is 2. The summed E-state index contributed by atoms with van der Waals surface area (Å²) in [5, 5.41) is 59.2. The average molecular weight is 422 g/mol. The first kappa shape index (κ1) is 21.7. The Kier molecular flexibility index (Phi) is 6.92. The van der Waals surface area contributed by atoms with Crippen LogP contribution in [0.4, 0.5) is 0 Å². The minimum absolute atomic E-state index is 0.0882. The number of aliphatic hydroxyl groups excluding tert-OH is 4. The van der Waals surface area contributed by atoms with Gasteiger partial charge in [-0.25, -0.2) is 0 Å². The number of rotatable bonds is 6. The predicted octanol–water partition coefficient (Wildman–Crippen LogP) is 1.32. The number of ether oxygens (including phenoxy) is 1. The summed E-state index contributed by atoms with van der Waals surface area (Å²) >= 11 is 1.08. The highest BCUT2D eigenvalue weighted by atomic mass is 32.2. The van der Waals surface area contributed by atoms with Crippen molar-refractivity contribution in [3.8, 4) is 17.2 Å². The summed E-state index contributed by atoms with van der Waals surface area (Å²) in [6.07, 6.45) is -3.69. The quantitative estimate of drug-likeness (QED) is 0.411. The molecule has 1 aliphatic rings. The number of phenols is 2. The van der Waals surface area contributed by atoms with E-state index in [4.69, 9.17) is 4.74 Å². The highest BCUT2D eigenvalue weighted by Crippen LogP contribution is 2.47. The van der Waals surface area contributed by atoms with Crippen molar-refractivity contribution in [2.45, 2.75) is 42.2 Å². The first-order chi connectivity index (χ1) is 13.8. The van der Waals surface area contributed by atoms with Crippen molar-refractivity contribution in [3.05, 3.63) is 53.1 Å². The van der Waals surface area contributed by atoms with E-state index in [1.807, 2.05) is 31.2 Å². The van der Waals surface area contributed by atoms with Gasteiger partial charge in [-0.1, -0.05) is 12.1 Å². The SMILES string of the molecule is CCOc1ccc(Cc2cc([C@@H]3S[C@H](CO)[C@@H](O)[C@H](O)[C@H]3O)c(O)cc2O)cc1. The molecule has 0 radical (unpaired) electrons. The van der Waals surface area contributed by atoms with Gasteiger partial charge in [0.2, 0.25) is 0 Å². The number of aromatic hydroxyl groups is 2. The third-order valence-electron chi connectivity index (χ3n) is 5.06. The largest absolute Gasteiger partial charge is 0.508 e. The smallest absolute Gasteiger partial charge is 0.123 e. The molecule has 0 saturated carbocycles. The van der Waals surface area contributed by atoms with Crippen LogP contribution < -0.4 is 4.74 Å². The van der Waals surface area contributed by atoms with Crippen molar-refractivity contribution >= 4 is 11.8 Å². The molecule has 0 unspecified atom stereocenters. The number of hydrogen-bond acceptors (Lipinski definition) is 8. The molecule has 158 valence electrons. The van der Waals surface area contributed by atoms with Crippen LogP contribution in [0.15, 0.2) is 36.4 Å². The zero-order chi connectivity index (χ0) is 21.1. The molecule has 2 aromatic rings. The van der Waals surface area contributed by atoms with Crippen LogP contribution >= 0.6 is 11.8 Å². The molecular formula is C21H26O7S. The van der Waals surface area contributed by atoms with E-state index in [0.29, 0.717) is 24.2 Å². The maximum atomic E-state index is 10.4. The minimum atomic E-state index is -1.46. The molecule has 0 spiro atoms. The van der Waals surface area contributed by atoms with Crippen LogP contribution in [0.1, 0.15) is 28.9 Å². The summed E-state index contributed by atoms with van der Waals surface area (Å²) < 4.78 is 5.42. The van der Waals surface area contributed by atoms with E-state index in [0.717, 1.165) is 23.1 Å². The second kappa shape index (κ2) is 9.23. The lowest BCUT2D eigenvalue weighted by atomic mass is 9.94. The molecule has 5 atom stereocenters. The van der Waals surface area contributed by atoms with Gasteiger partial charge in [0.05, 0.1) is 35.9 Å². The van der Waals surface area contributed by atoms with Gasteiger partial charge in [-0.2, -0.15) is 0 Å². The average Bonchev–Trinajstić information content (AvgIpc) is 2.70. The van der Waals surface area contributed by atoms with E-state index in [2.05, 4.69) is 0 Å². The highest BCUT2D eigenvalue weighted by Gasteiger charge is 2.44. The van der Waals surface area contributed by atoms with E-state index in [-0.39, 0.29) is 18.1 Å². The Labute approximate surface area is 173 Å². The highest BCUT2D eigenvalue weighted by molar-refractivity contribution is 8.00. The molecule has 1 saturated heterocycles. The van der Waals surface area contributed by atoms with Crippen LogP contribution in [0.3, 0.4) is 0 Å². The van der Waals surface area contributed by atoms with Gasteiger partial charge < -0.3 is 35.4 Å². The fourth-order valence-corrected chi connectivity index (χ4v) is 4.90. The third kappa shape index (κ3) is 4.62. The van der Waals surface area contributed by atoms with Crippen molar-refractivity contribution in [3.63, 3.8) is 0 Å². The van der Waals surface area contributed by atoms with Crippen LogP contribution in [0.5, 0.6) is 17.2 Å².